The minimum atomic E-state index is -4.46. The fourth-order valence-corrected chi connectivity index (χ4v) is 0.373. The highest BCUT2D eigenvalue weighted by Crippen LogP contribution is 2.23. The van der Waals surface area contributed by atoms with Crippen LogP contribution in [0, 0.1) is 5.41 Å². The third kappa shape index (κ3) is 3.43. The van der Waals surface area contributed by atoms with E-state index in [-0.39, 0.29) is 6.21 Å². The first-order chi connectivity index (χ1) is 5.02. The lowest BCUT2D eigenvalue weighted by atomic mass is 10.2. The van der Waals surface area contributed by atoms with Gasteiger partial charge in [-0.05, 0) is 12.2 Å². The molecular weight excluding hydrogens is 155 g/mol. The summed E-state index contributed by atoms with van der Waals surface area (Å²) in [5.74, 6) is 0. The predicted molar refractivity (Wildman–Crippen MR) is 36.6 cm³/mol. The summed E-state index contributed by atoms with van der Waals surface area (Å²) in [6.07, 6.45) is -2.48. The summed E-state index contributed by atoms with van der Waals surface area (Å²) in [6.45, 7) is 3.08. The molecule has 4 heteroatoms. The molecule has 0 aromatic rings. The number of allylic oxidation sites excluding steroid dienone is 3. The van der Waals surface area contributed by atoms with Gasteiger partial charge in [-0.2, -0.15) is 13.2 Å². The van der Waals surface area contributed by atoms with E-state index in [1.54, 1.807) is 0 Å². The largest absolute Gasteiger partial charge is 0.417 e. The first-order valence-electron chi connectivity index (χ1n) is 2.66. The monoisotopic (exact) mass is 161 g/mol. The molecule has 0 aliphatic carbocycles. The van der Waals surface area contributed by atoms with Gasteiger partial charge in [0, 0.05) is 6.21 Å². The Kier molecular flexibility index (Phi) is 3.34. The van der Waals surface area contributed by atoms with Gasteiger partial charge in [-0.15, -0.1) is 5.73 Å². The van der Waals surface area contributed by atoms with E-state index in [0.29, 0.717) is 0 Å². The average molecular weight is 161 g/mol. The molecule has 0 amide bonds. The zero-order valence-electron chi connectivity index (χ0n) is 5.57. The van der Waals surface area contributed by atoms with E-state index in [4.69, 9.17) is 5.41 Å². The van der Waals surface area contributed by atoms with Crippen molar-refractivity contribution in [2.75, 3.05) is 0 Å². The second-order valence-electron chi connectivity index (χ2n) is 1.63. The van der Waals surface area contributed by atoms with E-state index in [1.165, 1.54) is 0 Å². The Balaban J connectivity index is 4.66. The number of rotatable bonds is 2. The SMILES string of the molecule is C=C=C/C=C(\C=N)C(F)(F)F. The molecule has 0 saturated heterocycles. The lowest BCUT2D eigenvalue weighted by Crippen LogP contribution is -2.12. The van der Waals surface area contributed by atoms with E-state index in [9.17, 15) is 13.2 Å². The van der Waals surface area contributed by atoms with Crippen molar-refractivity contribution in [2.45, 2.75) is 6.18 Å². The molecular formula is C7H6F3N. The molecule has 0 aromatic heterocycles. The average Bonchev–Trinajstić information content (AvgIpc) is 1.87. The smallest absolute Gasteiger partial charge is 0.308 e. The van der Waals surface area contributed by atoms with Gasteiger partial charge in [-0.25, -0.2) is 0 Å². The minimum absolute atomic E-state index is 0.244. The number of alkyl halides is 3. The van der Waals surface area contributed by atoms with E-state index in [2.05, 4.69) is 12.3 Å². The molecule has 1 N–H and O–H groups in total. The summed E-state index contributed by atoms with van der Waals surface area (Å²) in [5, 5.41) is 6.41. The second-order valence-corrected chi connectivity index (χ2v) is 1.63. The maximum Gasteiger partial charge on any atom is 0.417 e. The van der Waals surface area contributed by atoms with Crippen LogP contribution < -0.4 is 0 Å². The summed E-state index contributed by atoms with van der Waals surface area (Å²) < 4.78 is 35.3. The highest BCUT2D eigenvalue weighted by Gasteiger charge is 2.31. The van der Waals surface area contributed by atoms with Gasteiger partial charge < -0.3 is 5.41 Å². The molecule has 0 aliphatic rings. The van der Waals surface area contributed by atoms with Crippen LogP contribution in [0.5, 0.6) is 0 Å². The molecule has 1 nitrogen and oxygen atoms in total. The topological polar surface area (TPSA) is 23.9 Å². The molecule has 11 heavy (non-hydrogen) atoms. The van der Waals surface area contributed by atoms with E-state index < -0.39 is 11.7 Å². The number of hydrogen-bond donors (Lipinski definition) is 1. The van der Waals surface area contributed by atoms with E-state index >= 15 is 0 Å². The van der Waals surface area contributed by atoms with Gasteiger partial charge in [-0.3, -0.25) is 0 Å². The molecule has 0 fully saturated rings. The lowest BCUT2D eigenvalue weighted by Gasteiger charge is -2.03. The van der Waals surface area contributed by atoms with Crippen molar-refractivity contribution in [1.29, 1.82) is 5.41 Å². The Labute approximate surface area is 62.0 Å². The van der Waals surface area contributed by atoms with Crippen LogP contribution in [0.1, 0.15) is 0 Å². The molecule has 0 rings (SSSR count). The minimum Gasteiger partial charge on any atom is -0.308 e. The molecule has 0 heterocycles. The van der Waals surface area contributed by atoms with Crippen LogP contribution in [0.2, 0.25) is 0 Å². The van der Waals surface area contributed by atoms with Gasteiger partial charge in [0.25, 0.3) is 0 Å². The van der Waals surface area contributed by atoms with Gasteiger partial charge in [-0.1, -0.05) is 6.58 Å². The van der Waals surface area contributed by atoms with E-state index in [0.717, 1.165) is 12.2 Å². The molecule has 60 valence electrons. The van der Waals surface area contributed by atoms with Crippen LogP contribution >= 0.6 is 0 Å². The van der Waals surface area contributed by atoms with Gasteiger partial charge in [0.1, 0.15) is 0 Å². The first-order valence-corrected chi connectivity index (χ1v) is 2.66. The molecule has 0 unspecified atom stereocenters. The van der Waals surface area contributed by atoms with Crippen molar-refractivity contribution in [2.24, 2.45) is 0 Å². The number of hydrogen-bond acceptors (Lipinski definition) is 1. The van der Waals surface area contributed by atoms with Crippen molar-refractivity contribution in [3.05, 3.63) is 30.0 Å². The molecule has 0 aliphatic heterocycles. The van der Waals surface area contributed by atoms with Crippen LogP contribution in [0.15, 0.2) is 30.0 Å². The Morgan fingerprint density at radius 1 is 1.45 bits per heavy atom. The fraction of sp³-hybridized carbons (Fsp3) is 0.143. The summed E-state index contributed by atoms with van der Waals surface area (Å²) >= 11 is 0. The van der Waals surface area contributed by atoms with Gasteiger partial charge in [0.2, 0.25) is 0 Å². The summed E-state index contributed by atoms with van der Waals surface area (Å²) in [4.78, 5) is 0. The highest BCUT2D eigenvalue weighted by molar-refractivity contribution is 5.77. The summed E-state index contributed by atoms with van der Waals surface area (Å²) in [5.41, 5.74) is 1.13. The van der Waals surface area contributed by atoms with Crippen molar-refractivity contribution >= 4 is 6.21 Å². The predicted octanol–water partition coefficient (Wildman–Crippen LogP) is 2.47. The Hall–Kier alpha value is -1.28. The Morgan fingerprint density at radius 3 is 2.27 bits per heavy atom. The molecule has 0 atom stereocenters. The molecule has 0 radical (unpaired) electrons. The third-order valence-electron chi connectivity index (χ3n) is 0.864. The standard InChI is InChI=1S/C7H6F3N/c1-2-3-4-6(5-11)7(8,9)10/h3-5,11H,1H2/b6-4+,11-5?. The lowest BCUT2D eigenvalue weighted by molar-refractivity contribution is -0.0856. The van der Waals surface area contributed by atoms with Gasteiger partial charge >= 0.3 is 6.18 Å². The second kappa shape index (κ2) is 3.78. The molecule has 0 saturated carbocycles. The van der Waals surface area contributed by atoms with Gasteiger partial charge in [0.15, 0.2) is 0 Å². The molecule has 0 aromatic carbocycles. The maximum absolute atomic E-state index is 11.8. The normalized spacial score (nSPS) is 12.1. The van der Waals surface area contributed by atoms with Crippen LogP contribution in [-0.2, 0) is 0 Å². The highest BCUT2D eigenvalue weighted by atomic mass is 19.4. The van der Waals surface area contributed by atoms with Crippen LogP contribution in [0.3, 0.4) is 0 Å². The van der Waals surface area contributed by atoms with Crippen LogP contribution in [0.4, 0.5) is 13.2 Å². The van der Waals surface area contributed by atoms with Crippen molar-refractivity contribution < 1.29 is 13.2 Å². The third-order valence-corrected chi connectivity index (χ3v) is 0.864. The first kappa shape index (κ1) is 9.72. The van der Waals surface area contributed by atoms with Gasteiger partial charge in [0.05, 0.1) is 5.57 Å². The quantitative estimate of drug-likeness (QED) is 0.365. The number of nitrogens with one attached hydrogen (secondary N) is 1. The van der Waals surface area contributed by atoms with Crippen LogP contribution in [0.25, 0.3) is 0 Å². The zero-order valence-corrected chi connectivity index (χ0v) is 5.57. The molecule has 0 spiro atoms. The van der Waals surface area contributed by atoms with Crippen molar-refractivity contribution in [1.82, 2.24) is 0 Å². The summed E-state index contributed by atoms with van der Waals surface area (Å²) in [6, 6.07) is 0. The zero-order chi connectivity index (χ0) is 8.91. The number of halogens is 3. The van der Waals surface area contributed by atoms with Crippen LogP contribution in [-0.4, -0.2) is 12.4 Å². The fourth-order valence-electron chi connectivity index (χ4n) is 0.373. The maximum atomic E-state index is 11.8. The molecule has 0 bridgehead atoms. The Morgan fingerprint density at radius 2 is 2.00 bits per heavy atom. The van der Waals surface area contributed by atoms with Crippen molar-refractivity contribution in [3.8, 4) is 0 Å². The Bertz CT molecular complexity index is 218. The summed E-state index contributed by atoms with van der Waals surface area (Å²) in [7, 11) is 0. The van der Waals surface area contributed by atoms with Crippen molar-refractivity contribution in [3.63, 3.8) is 0 Å². The van der Waals surface area contributed by atoms with E-state index in [1.807, 2.05) is 0 Å².